The Balaban J connectivity index is 2.51. The lowest BCUT2D eigenvalue weighted by Crippen LogP contribution is -2.06. The summed E-state index contributed by atoms with van der Waals surface area (Å²) in [5.41, 5.74) is 2.53. The van der Waals surface area contributed by atoms with Gasteiger partial charge in [0.15, 0.2) is 0 Å². The number of esters is 1. The lowest BCUT2D eigenvalue weighted by Gasteiger charge is -2.08. The van der Waals surface area contributed by atoms with Crippen LogP contribution in [0.25, 0.3) is 11.1 Å². The van der Waals surface area contributed by atoms with Crippen molar-refractivity contribution in [1.29, 1.82) is 0 Å². The van der Waals surface area contributed by atoms with E-state index < -0.39 is 16.7 Å². The van der Waals surface area contributed by atoms with Gasteiger partial charge in [0.25, 0.3) is 0 Å². The van der Waals surface area contributed by atoms with Crippen molar-refractivity contribution in [1.82, 2.24) is 0 Å². The zero-order valence-electron chi connectivity index (χ0n) is 10.9. The second-order valence-electron chi connectivity index (χ2n) is 4.22. The van der Waals surface area contributed by atoms with Gasteiger partial charge in [0, 0.05) is 0 Å². The number of ether oxygens (including phenoxy) is 1. The molecule has 5 heteroatoms. The number of thiol groups is 1. The largest absolute Gasteiger partial charge is 0.465 e. The first-order chi connectivity index (χ1) is 9.61. The molecule has 0 aliphatic heterocycles. The lowest BCUT2D eigenvalue weighted by atomic mass is 10.00. The van der Waals surface area contributed by atoms with E-state index in [4.69, 9.17) is 4.74 Å². The molecule has 0 saturated heterocycles. The van der Waals surface area contributed by atoms with E-state index in [1.54, 1.807) is 18.2 Å². The number of hydrogen-bond acceptors (Lipinski definition) is 4. The highest BCUT2D eigenvalue weighted by atomic mass is 32.2. The molecule has 2 aromatic rings. The fourth-order valence-corrected chi connectivity index (χ4v) is 2.52. The number of carbonyl (C=O) groups excluding carboxylic acids is 1. The average molecular weight is 290 g/mol. The third kappa shape index (κ3) is 3.24. The summed E-state index contributed by atoms with van der Waals surface area (Å²) < 4.78 is 26.5. The molecule has 2 rings (SSSR count). The SMILES string of the molecule is COC(=O)c1cc(-c2ccccc2)ccc1C[SH](=O)=O. The van der Waals surface area contributed by atoms with E-state index in [2.05, 4.69) is 0 Å². The third-order valence-electron chi connectivity index (χ3n) is 2.92. The van der Waals surface area contributed by atoms with E-state index in [-0.39, 0.29) is 11.3 Å². The second kappa shape index (κ2) is 6.34. The number of methoxy groups -OCH3 is 1. The minimum Gasteiger partial charge on any atom is -0.465 e. The summed E-state index contributed by atoms with van der Waals surface area (Å²) in [7, 11) is -1.32. The van der Waals surface area contributed by atoms with E-state index in [1.807, 2.05) is 30.3 Å². The van der Waals surface area contributed by atoms with E-state index in [0.717, 1.165) is 11.1 Å². The van der Waals surface area contributed by atoms with Gasteiger partial charge in [-0.05, 0) is 22.8 Å². The number of hydrogen-bond donors (Lipinski definition) is 1. The van der Waals surface area contributed by atoms with Gasteiger partial charge in [0.1, 0.15) is 10.7 Å². The maximum Gasteiger partial charge on any atom is 0.338 e. The van der Waals surface area contributed by atoms with Gasteiger partial charge in [-0.25, -0.2) is 13.2 Å². The van der Waals surface area contributed by atoms with Crippen LogP contribution in [0.3, 0.4) is 0 Å². The Bertz CT molecular complexity index is 682. The summed E-state index contributed by atoms with van der Waals surface area (Å²) in [5.74, 6) is -0.705. The smallest absolute Gasteiger partial charge is 0.338 e. The van der Waals surface area contributed by atoms with E-state index in [0.29, 0.717) is 5.56 Å². The Labute approximate surface area is 119 Å². The molecule has 0 N–H and O–H groups in total. The lowest BCUT2D eigenvalue weighted by molar-refractivity contribution is 0.0600. The zero-order chi connectivity index (χ0) is 14.5. The van der Waals surface area contributed by atoms with Crippen molar-refractivity contribution in [2.24, 2.45) is 0 Å². The third-order valence-corrected chi connectivity index (χ3v) is 3.52. The average Bonchev–Trinajstić information content (AvgIpc) is 2.47. The topological polar surface area (TPSA) is 60.4 Å². The summed E-state index contributed by atoms with van der Waals surface area (Å²) in [6.45, 7) is 0. The molecular weight excluding hydrogens is 276 g/mol. The van der Waals surface area contributed by atoms with Crippen LogP contribution in [0.4, 0.5) is 0 Å². The Morgan fingerprint density at radius 2 is 1.75 bits per heavy atom. The molecule has 0 heterocycles. The highest BCUT2D eigenvalue weighted by molar-refractivity contribution is 7.71. The predicted octanol–water partition coefficient (Wildman–Crippen LogP) is 2.25. The maximum absolute atomic E-state index is 11.8. The normalized spacial score (nSPS) is 10.5. The molecule has 0 aromatic heterocycles. The number of carbonyl (C=O) groups is 1. The fraction of sp³-hybridized carbons (Fsp3) is 0.133. The Morgan fingerprint density at radius 1 is 1.05 bits per heavy atom. The van der Waals surface area contributed by atoms with Gasteiger partial charge in [-0.3, -0.25) is 0 Å². The summed E-state index contributed by atoms with van der Waals surface area (Å²) in [6, 6.07) is 14.7. The van der Waals surface area contributed by atoms with Crippen molar-refractivity contribution in [2.75, 3.05) is 7.11 Å². The quantitative estimate of drug-likeness (QED) is 0.693. The first-order valence-corrected chi connectivity index (χ1v) is 7.36. The van der Waals surface area contributed by atoms with E-state index in [1.165, 1.54) is 7.11 Å². The van der Waals surface area contributed by atoms with Crippen LogP contribution in [0.1, 0.15) is 15.9 Å². The van der Waals surface area contributed by atoms with E-state index in [9.17, 15) is 13.2 Å². The molecule has 0 amide bonds. The van der Waals surface area contributed by atoms with Gasteiger partial charge < -0.3 is 4.74 Å². The summed E-state index contributed by atoms with van der Waals surface area (Å²) in [6.07, 6.45) is 0. The molecule has 0 bridgehead atoms. The molecule has 0 aliphatic rings. The molecule has 4 nitrogen and oxygen atoms in total. The standard InChI is InChI=1S/C15H14O4S/c1-19-15(16)14-9-12(11-5-3-2-4-6-11)7-8-13(14)10-20(17)18/h2-9,20H,10H2,1H3. The molecular formula is C15H14O4S. The minimum absolute atomic E-state index is 0.172. The van der Waals surface area contributed by atoms with Crippen molar-refractivity contribution in [3.8, 4) is 11.1 Å². The molecule has 2 aromatic carbocycles. The van der Waals surface area contributed by atoms with Gasteiger partial charge in [0.2, 0.25) is 0 Å². The maximum atomic E-state index is 11.8. The monoisotopic (exact) mass is 290 g/mol. The summed E-state index contributed by atoms with van der Waals surface area (Å²) in [4.78, 5) is 11.8. The molecule has 0 saturated carbocycles. The van der Waals surface area contributed by atoms with Gasteiger partial charge in [-0.15, -0.1) is 0 Å². The van der Waals surface area contributed by atoms with Crippen LogP contribution >= 0.6 is 0 Å². The molecule has 0 radical (unpaired) electrons. The zero-order valence-corrected chi connectivity index (χ0v) is 11.8. The summed E-state index contributed by atoms with van der Waals surface area (Å²) in [5, 5.41) is 0. The van der Waals surface area contributed by atoms with Crippen molar-refractivity contribution in [3.63, 3.8) is 0 Å². The highest BCUT2D eigenvalue weighted by Gasteiger charge is 2.14. The van der Waals surface area contributed by atoms with E-state index >= 15 is 0 Å². The summed E-state index contributed by atoms with van der Waals surface area (Å²) >= 11 is 0. The molecule has 0 unspecified atom stereocenters. The first-order valence-electron chi connectivity index (χ1n) is 6.00. The van der Waals surface area contributed by atoms with Gasteiger partial charge in [-0.1, -0.05) is 42.5 Å². The number of benzene rings is 2. The Kier molecular flexibility index (Phi) is 4.53. The van der Waals surface area contributed by atoms with Crippen LogP contribution in [0.5, 0.6) is 0 Å². The van der Waals surface area contributed by atoms with Gasteiger partial charge in [-0.2, -0.15) is 0 Å². The van der Waals surface area contributed by atoms with Gasteiger partial charge >= 0.3 is 5.97 Å². The van der Waals surface area contributed by atoms with Crippen molar-refractivity contribution in [3.05, 3.63) is 59.7 Å². The molecule has 0 atom stereocenters. The number of rotatable bonds is 4. The molecule has 104 valence electrons. The Morgan fingerprint density at radius 3 is 2.35 bits per heavy atom. The van der Waals surface area contributed by atoms with Crippen LogP contribution in [0.15, 0.2) is 48.5 Å². The first kappa shape index (κ1) is 14.3. The predicted molar refractivity (Wildman–Crippen MR) is 77.2 cm³/mol. The second-order valence-corrected chi connectivity index (χ2v) is 5.20. The Hall–Kier alpha value is -2.14. The highest BCUT2D eigenvalue weighted by Crippen LogP contribution is 2.23. The molecule has 0 spiro atoms. The van der Waals surface area contributed by atoms with Crippen LogP contribution < -0.4 is 0 Å². The van der Waals surface area contributed by atoms with Crippen molar-refractivity contribution in [2.45, 2.75) is 5.75 Å². The van der Waals surface area contributed by atoms with Crippen molar-refractivity contribution >= 4 is 16.7 Å². The fourth-order valence-electron chi connectivity index (χ4n) is 1.96. The van der Waals surface area contributed by atoms with Crippen molar-refractivity contribution < 1.29 is 17.9 Å². The minimum atomic E-state index is -2.59. The van der Waals surface area contributed by atoms with Crippen LogP contribution in [0.2, 0.25) is 0 Å². The van der Waals surface area contributed by atoms with Crippen LogP contribution in [-0.2, 0) is 21.2 Å². The van der Waals surface area contributed by atoms with Gasteiger partial charge in [0.05, 0.1) is 18.4 Å². The molecule has 0 aliphatic carbocycles. The molecule has 20 heavy (non-hydrogen) atoms. The van der Waals surface area contributed by atoms with Crippen LogP contribution in [0, 0.1) is 0 Å². The van der Waals surface area contributed by atoms with Crippen LogP contribution in [-0.4, -0.2) is 21.5 Å². The molecule has 0 fully saturated rings.